The van der Waals surface area contributed by atoms with Crippen molar-refractivity contribution in [2.75, 3.05) is 18.4 Å². The molecule has 0 fully saturated rings. The third-order valence-electron chi connectivity index (χ3n) is 3.47. The van der Waals surface area contributed by atoms with Gasteiger partial charge in [0, 0.05) is 32.1 Å². The van der Waals surface area contributed by atoms with E-state index in [2.05, 4.69) is 19.2 Å². The molecule has 1 aromatic carbocycles. The number of anilines is 1. The Bertz CT molecular complexity index is 444. The standard InChI is InChI=1S/C15H24N2O2/c1-10(2)11(8-16)9-17-12-5-6-13-14(7-12)19-15(3,4)18-13/h5-7,10-11,17H,8-9,16H2,1-4H3. The lowest BCUT2D eigenvalue weighted by Gasteiger charge is -2.20. The predicted octanol–water partition coefficient (Wildman–Crippen LogP) is 2.84. The molecule has 1 aliphatic rings. The smallest absolute Gasteiger partial charge is 0.246 e. The molecule has 0 bridgehead atoms. The first kappa shape index (κ1) is 14.0. The molecule has 0 aromatic heterocycles. The maximum Gasteiger partial charge on any atom is 0.246 e. The maximum atomic E-state index is 5.78. The van der Waals surface area contributed by atoms with Gasteiger partial charge in [0.2, 0.25) is 5.79 Å². The molecule has 1 atom stereocenters. The largest absolute Gasteiger partial charge is 0.449 e. The van der Waals surface area contributed by atoms with Crippen molar-refractivity contribution in [3.05, 3.63) is 18.2 Å². The molecular formula is C15H24N2O2. The molecule has 1 heterocycles. The number of fused-ring (bicyclic) bond motifs is 1. The molecule has 1 aromatic rings. The number of hydrogen-bond acceptors (Lipinski definition) is 4. The summed E-state index contributed by atoms with van der Waals surface area (Å²) in [5.41, 5.74) is 6.82. The summed E-state index contributed by atoms with van der Waals surface area (Å²) in [4.78, 5) is 0. The van der Waals surface area contributed by atoms with Gasteiger partial charge >= 0.3 is 0 Å². The Hall–Kier alpha value is -1.42. The van der Waals surface area contributed by atoms with E-state index in [1.165, 1.54) is 0 Å². The zero-order chi connectivity index (χ0) is 14.0. The molecule has 4 nitrogen and oxygen atoms in total. The van der Waals surface area contributed by atoms with Crippen molar-refractivity contribution < 1.29 is 9.47 Å². The summed E-state index contributed by atoms with van der Waals surface area (Å²) in [6.07, 6.45) is 0. The molecule has 0 saturated carbocycles. The Kier molecular flexibility index (Phi) is 3.90. The van der Waals surface area contributed by atoms with Crippen LogP contribution < -0.4 is 20.5 Å². The minimum absolute atomic E-state index is 0.474. The van der Waals surface area contributed by atoms with Crippen LogP contribution in [0.15, 0.2) is 18.2 Å². The van der Waals surface area contributed by atoms with Crippen LogP contribution in [0, 0.1) is 11.8 Å². The summed E-state index contributed by atoms with van der Waals surface area (Å²) in [6.45, 7) is 9.77. The average molecular weight is 264 g/mol. The Balaban J connectivity index is 2.00. The zero-order valence-electron chi connectivity index (χ0n) is 12.2. The fourth-order valence-corrected chi connectivity index (χ4v) is 2.17. The van der Waals surface area contributed by atoms with Gasteiger partial charge in [-0.2, -0.15) is 0 Å². The molecule has 0 radical (unpaired) electrons. The summed E-state index contributed by atoms with van der Waals surface area (Å²) in [5.74, 6) is 2.07. The van der Waals surface area contributed by atoms with E-state index in [9.17, 15) is 0 Å². The number of ether oxygens (including phenoxy) is 2. The molecule has 1 unspecified atom stereocenters. The SMILES string of the molecule is CC(C)C(CN)CNc1ccc2c(c1)OC(C)(C)O2. The second-order valence-electron chi connectivity index (χ2n) is 5.89. The first-order chi connectivity index (χ1) is 8.91. The van der Waals surface area contributed by atoms with Gasteiger partial charge in [-0.1, -0.05) is 13.8 Å². The van der Waals surface area contributed by atoms with Gasteiger partial charge in [-0.3, -0.25) is 0 Å². The highest BCUT2D eigenvalue weighted by Crippen LogP contribution is 2.40. The molecule has 2 rings (SSSR count). The second kappa shape index (κ2) is 5.29. The highest BCUT2D eigenvalue weighted by atomic mass is 16.7. The number of rotatable bonds is 5. The minimum Gasteiger partial charge on any atom is -0.449 e. The van der Waals surface area contributed by atoms with Crippen LogP contribution in [-0.4, -0.2) is 18.9 Å². The lowest BCUT2D eigenvalue weighted by molar-refractivity contribution is -0.0431. The van der Waals surface area contributed by atoms with Crippen LogP contribution in [0.3, 0.4) is 0 Å². The van der Waals surface area contributed by atoms with Gasteiger partial charge in [-0.05, 0) is 30.5 Å². The monoisotopic (exact) mass is 264 g/mol. The molecule has 0 amide bonds. The van der Waals surface area contributed by atoms with Crippen molar-refractivity contribution >= 4 is 5.69 Å². The summed E-state index contributed by atoms with van der Waals surface area (Å²) in [7, 11) is 0. The summed E-state index contributed by atoms with van der Waals surface area (Å²) in [6, 6.07) is 5.94. The summed E-state index contributed by atoms with van der Waals surface area (Å²) < 4.78 is 11.4. The molecule has 106 valence electrons. The van der Waals surface area contributed by atoms with Crippen molar-refractivity contribution in [3.8, 4) is 11.5 Å². The van der Waals surface area contributed by atoms with Crippen LogP contribution >= 0.6 is 0 Å². The van der Waals surface area contributed by atoms with Crippen molar-refractivity contribution in [2.45, 2.75) is 33.5 Å². The van der Waals surface area contributed by atoms with E-state index >= 15 is 0 Å². The highest BCUT2D eigenvalue weighted by molar-refractivity contribution is 5.56. The van der Waals surface area contributed by atoms with Gasteiger partial charge < -0.3 is 20.5 Å². The van der Waals surface area contributed by atoms with E-state index < -0.39 is 5.79 Å². The topological polar surface area (TPSA) is 56.5 Å². The van der Waals surface area contributed by atoms with E-state index in [4.69, 9.17) is 15.2 Å². The fourth-order valence-electron chi connectivity index (χ4n) is 2.17. The third-order valence-corrected chi connectivity index (χ3v) is 3.47. The van der Waals surface area contributed by atoms with Crippen LogP contribution in [-0.2, 0) is 0 Å². The molecule has 19 heavy (non-hydrogen) atoms. The van der Waals surface area contributed by atoms with Crippen molar-refractivity contribution in [1.82, 2.24) is 0 Å². The van der Waals surface area contributed by atoms with Gasteiger partial charge in [-0.15, -0.1) is 0 Å². The van der Waals surface area contributed by atoms with Crippen molar-refractivity contribution in [1.29, 1.82) is 0 Å². The van der Waals surface area contributed by atoms with Gasteiger partial charge in [0.25, 0.3) is 0 Å². The molecule has 0 spiro atoms. The van der Waals surface area contributed by atoms with Crippen molar-refractivity contribution in [3.63, 3.8) is 0 Å². The van der Waals surface area contributed by atoms with Crippen LogP contribution in [0.5, 0.6) is 11.5 Å². The van der Waals surface area contributed by atoms with Gasteiger partial charge in [0.15, 0.2) is 11.5 Å². The molecule has 4 heteroatoms. The molecule has 0 saturated heterocycles. The van der Waals surface area contributed by atoms with Crippen LogP contribution in [0.2, 0.25) is 0 Å². The van der Waals surface area contributed by atoms with E-state index in [0.29, 0.717) is 18.4 Å². The quantitative estimate of drug-likeness (QED) is 0.858. The highest BCUT2D eigenvalue weighted by Gasteiger charge is 2.31. The maximum absolute atomic E-state index is 5.78. The van der Waals surface area contributed by atoms with E-state index in [-0.39, 0.29) is 0 Å². The lowest BCUT2D eigenvalue weighted by atomic mass is 9.96. The second-order valence-corrected chi connectivity index (χ2v) is 5.89. The van der Waals surface area contributed by atoms with Crippen LogP contribution in [0.25, 0.3) is 0 Å². The number of nitrogens with two attached hydrogens (primary N) is 1. The first-order valence-corrected chi connectivity index (χ1v) is 6.87. The minimum atomic E-state index is -0.571. The van der Waals surface area contributed by atoms with Crippen molar-refractivity contribution in [2.24, 2.45) is 17.6 Å². The Morgan fingerprint density at radius 1 is 1.21 bits per heavy atom. The van der Waals surface area contributed by atoms with Gasteiger partial charge in [0.1, 0.15) is 0 Å². The Morgan fingerprint density at radius 3 is 2.53 bits per heavy atom. The van der Waals surface area contributed by atoms with Gasteiger partial charge in [0.05, 0.1) is 0 Å². The average Bonchev–Trinajstić information content (AvgIpc) is 2.62. The van der Waals surface area contributed by atoms with E-state index in [0.717, 1.165) is 23.7 Å². The number of benzene rings is 1. The Morgan fingerprint density at radius 2 is 1.89 bits per heavy atom. The normalized spacial score (nSPS) is 17.6. The fraction of sp³-hybridized carbons (Fsp3) is 0.600. The number of hydrogen-bond donors (Lipinski definition) is 2. The predicted molar refractivity (Wildman–Crippen MR) is 77.6 cm³/mol. The summed E-state index contributed by atoms with van der Waals surface area (Å²) in [5, 5.41) is 3.42. The van der Waals surface area contributed by atoms with E-state index in [1.54, 1.807) is 0 Å². The molecule has 1 aliphatic heterocycles. The zero-order valence-corrected chi connectivity index (χ0v) is 12.2. The van der Waals surface area contributed by atoms with Crippen LogP contribution in [0.1, 0.15) is 27.7 Å². The number of nitrogens with one attached hydrogen (secondary N) is 1. The van der Waals surface area contributed by atoms with Gasteiger partial charge in [-0.25, -0.2) is 0 Å². The lowest BCUT2D eigenvalue weighted by Crippen LogP contribution is -2.29. The summed E-state index contributed by atoms with van der Waals surface area (Å²) >= 11 is 0. The van der Waals surface area contributed by atoms with E-state index in [1.807, 2.05) is 32.0 Å². The molecule has 3 N–H and O–H groups in total. The first-order valence-electron chi connectivity index (χ1n) is 6.87. The Labute approximate surface area is 115 Å². The third kappa shape index (κ3) is 3.32. The molecule has 0 aliphatic carbocycles. The molecular weight excluding hydrogens is 240 g/mol. The van der Waals surface area contributed by atoms with Crippen LogP contribution in [0.4, 0.5) is 5.69 Å².